The molecule has 0 aliphatic carbocycles. The fourth-order valence-corrected chi connectivity index (χ4v) is 4.31. The highest BCUT2D eigenvalue weighted by Crippen LogP contribution is 2.34. The molecule has 1 aliphatic rings. The van der Waals surface area contributed by atoms with Gasteiger partial charge in [0.05, 0.1) is 18.0 Å². The third kappa shape index (κ3) is 5.54. The third-order valence-electron chi connectivity index (χ3n) is 4.32. The van der Waals surface area contributed by atoms with Gasteiger partial charge < -0.3 is 10.1 Å². The molecule has 1 aromatic carbocycles. The topological polar surface area (TPSA) is 58.6 Å². The number of methoxy groups -OCH3 is 1. The van der Waals surface area contributed by atoms with Crippen LogP contribution in [0.15, 0.2) is 24.3 Å². The normalized spacial score (nSPS) is 19.8. The van der Waals surface area contributed by atoms with E-state index in [4.69, 9.17) is 4.74 Å². The molecule has 1 aliphatic heterocycles. The molecule has 0 saturated carbocycles. The number of carbonyl (C=O) groups excluding carboxylic acids is 2. The second-order valence-electron chi connectivity index (χ2n) is 6.24. The molecule has 1 heterocycles. The van der Waals surface area contributed by atoms with Crippen molar-refractivity contribution in [2.24, 2.45) is 0 Å². The molecule has 1 N–H and O–H groups in total. The summed E-state index contributed by atoms with van der Waals surface area (Å²) in [5, 5.41) is 2.42. The van der Waals surface area contributed by atoms with E-state index in [0.29, 0.717) is 5.75 Å². The Labute approximate surface area is 160 Å². The van der Waals surface area contributed by atoms with Gasteiger partial charge in [0.1, 0.15) is 6.04 Å². The van der Waals surface area contributed by atoms with Gasteiger partial charge in [-0.3, -0.25) is 4.90 Å². The maximum Gasteiger partial charge on any atom is 0.416 e. The number of halogens is 3. The van der Waals surface area contributed by atoms with Gasteiger partial charge in [-0.25, -0.2) is 9.59 Å². The van der Waals surface area contributed by atoms with E-state index < -0.39 is 29.8 Å². The smallest absolute Gasteiger partial charge is 0.416 e. The summed E-state index contributed by atoms with van der Waals surface area (Å²) in [6, 6.07) is 2.99. The van der Waals surface area contributed by atoms with Gasteiger partial charge in [0.15, 0.2) is 0 Å². The molecule has 9 heteroatoms. The first-order valence-electron chi connectivity index (χ1n) is 8.74. The highest BCUT2D eigenvalue weighted by molar-refractivity contribution is 8.00. The van der Waals surface area contributed by atoms with Gasteiger partial charge >= 0.3 is 18.2 Å². The lowest BCUT2D eigenvalue weighted by Gasteiger charge is -2.28. The number of alkyl halides is 3. The zero-order valence-corrected chi connectivity index (χ0v) is 16.0. The van der Waals surface area contributed by atoms with E-state index in [9.17, 15) is 22.8 Å². The summed E-state index contributed by atoms with van der Waals surface area (Å²) in [4.78, 5) is 26.2. The Bertz CT molecular complexity index is 652. The fourth-order valence-electron chi connectivity index (χ4n) is 2.88. The molecule has 1 fully saturated rings. The molecule has 150 valence electrons. The Morgan fingerprint density at radius 1 is 1.26 bits per heavy atom. The number of carbonyl (C=O) groups is 2. The molecule has 5 nitrogen and oxygen atoms in total. The standard InChI is InChI=1S/C18H23F3N2O3S/c1-3-4-5-6-15-23(14(11-27-15)16(24)26-2)17(25)22-13-9-7-12(8-10-13)18(19,20)21/h7-10,14-15H,3-6,11H2,1-2H3,(H,22,25). The minimum atomic E-state index is -4.44. The summed E-state index contributed by atoms with van der Waals surface area (Å²) in [6.45, 7) is 2.08. The average Bonchev–Trinajstić information content (AvgIpc) is 3.05. The van der Waals surface area contributed by atoms with Crippen LogP contribution in [0.5, 0.6) is 0 Å². The van der Waals surface area contributed by atoms with Crippen molar-refractivity contribution in [1.29, 1.82) is 0 Å². The van der Waals surface area contributed by atoms with Crippen molar-refractivity contribution in [1.82, 2.24) is 4.90 Å². The number of thioether (sulfide) groups is 1. The molecule has 1 aromatic rings. The first kappa shape index (κ1) is 21.4. The van der Waals surface area contributed by atoms with Crippen molar-refractivity contribution in [2.45, 2.75) is 50.2 Å². The number of hydrogen-bond acceptors (Lipinski definition) is 4. The molecule has 2 amide bonds. The van der Waals surface area contributed by atoms with Crippen LogP contribution in [0.25, 0.3) is 0 Å². The Balaban J connectivity index is 2.11. The van der Waals surface area contributed by atoms with Crippen molar-refractivity contribution in [3.63, 3.8) is 0 Å². The predicted molar refractivity (Wildman–Crippen MR) is 98.5 cm³/mol. The first-order chi connectivity index (χ1) is 12.8. The molecule has 0 aromatic heterocycles. The lowest BCUT2D eigenvalue weighted by Crippen LogP contribution is -2.48. The lowest BCUT2D eigenvalue weighted by molar-refractivity contribution is -0.144. The van der Waals surface area contributed by atoms with Crippen molar-refractivity contribution in [3.8, 4) is 0 Å². The van der Waals surface area contributed by atoms with E-state index in [1.165, 1.54) is 35.9 Å². The van der Waals surface area contributed by atoms with Crippen LogP contribution in [-0.4, -0.2) is 41.2 Å². The molecule has 2 unspecified atom stereocenters. The number of nitrogens with zero attached hydrogens (tertiary/aromatic N) is 1. The second-order valence-corrected chi connectivity index (χ2v) is 7.45. The third-order valence-corrected chi connectivity index (χ3v) is 5.67. The molecule has 2 atom stereocenters. The van der Waals surface area contributed by atoms with Gasteiger partial charge in [-0.05, 0) is 30.7 Å². The van der Waals surface area contributed by atoms with E-state index in [0.717, 1.165) is 37.8 Å². The number of nitrogens with one attached hydrogen (secondary N) is 1. The molecule has 0 spiro atoms. The summed E-state index contributed by atoms with van der Waals surface area (Å²) in [5.41, 5.74) is -0.553. The highest BCUT2D eigenvalue weighted by atomic mass is 32.2. The van der Waals surface area contributed by atoms with Gasteiger partial charge in [-0.1, -0.05) is 26.2 Å². The number of anilines is 1. The Morgan fingerprint density at radius 2 is 1.93 bits per heavy atom. The number of urea groups is 1. The van der Waals surface area contributed by atoms with Crippen molar-refractivity contribution in [2.75, 3.05) is 18.2 Å². The van der Waals surface area contributed by atoms with E-state index in [1.54, 1.807) is 0 Å². The van der Waals surface area contributed by atoms with Gasteiger partial charge in [0, 0.05) is 11.4 Å². The zero-order valence-electron chi connectivity index (χ0n) is 15.2. The lowest BCUT2D eigenvalue weighted by atomic mass is 10.2. The van der Waals surface area contributed by atoms with Gasteiger partial charge in [0.25, 0.3) is 0 Å². The number of amides is 2. The number of hydrogen-bond donors (Lipinski definition) is 1. The summed E-state index contributed by atoms with van der Waals surface area (Å²) in [6.07, 6.45) is -0.711. The number of rotatable bonds is 6. The molecule has 1 saturated heterocycles. The SMILES string of the molecule is CCCCCC1SCC(C(=O)OC)N1C(=O)Nc1ccc(C(F)(F)F)cc1. The predicted octanol–water partition coefficient (Wildman–Crippen LogP) is 4.73. The van der Waals surface area contributed by atoms with Crippen molar-refractivity contribution < 1.29 is 27.5 Å². The quantitative estimate of drug-likeness (QED) is 0.550. The van der Waals surface area contributed by atoms with E-state index in [2.05, 4.69) is 12.2 Å². The molecule has 27 heavy (non-hydrogen) atoms. The minimum absolute atomic E-state index is 0.171. The van der Waals surface area contributed by atoms with Gasteiger partial charge in [-0.2, -0.15) is 13.2 Å². The average molecular weight is 404 g/mol. The fraction of sp³-hybridized carbons (Fsp3) is 0.556. The van der Waals surface area contributed by atoms with Gasteiger partial charge in [0.2, 0.25) is 0 Å². The Hall–Kier alpha value is -1.90. The van der Waals surface area contributed by atoms with Crippen LogP contribution >= 0.6 is 11.8 Å². The highest BCUT2D eigenvalue weighted by Gasteiger charge is 2.42. The number of esters is 1. The summed E-state index contributed by atoms with van der Waals surface area (Å²) in [7, 11) is 1.27. The maximum atomic E-state index is 12.7. The zero-order chi connectivity index (χ0) is 20.0. The number of benzene rings is 1. The Morgan fingerprint density at radius 3 is 2.48 bits per heavy atom. The van der Waals surface area contributed by atoms with E-state index in [-0.39, 0.29) is 11.1 Å². The molecule has 0 radical (unpaired) electrons. The summed E-state index contributed by atoms with van der Waals surface area (Å²) in [5.74, 6) is -0.0627. The van der Waals surface area contributed by atoms with Crippen LogP contribution in [0.2, 0.25) is 0 Å². The van der Waals surface area contributed by atoms with Crippen LogP contribution < -0.4 is 5.32 Å². The van der Waals surface area contributed by atoms with Gasteiger partial charge in [-0.15, -0.1) is 11.8 Å². The summed E-state index contributed by atoms with van der Waals surface area (Å²) < 4.78 is 42.8. The van der Waals surface area contributed by atoms with Crippen LogP contribution in [0.3, 0.4) is 0 Å². The maximum absolute atomic E-state index is 12.7. The molecular formula is C18H23F3N2O3S. The van der Waals surface area contributed by atoms with E-state index >= 15 is 0 Å². The largest absolute Gasteiger partial charge is 0.467 e. The number of unbranched alkanes of at least 4 members (excludes halogenated alkanes) is 2. The first-order valence-corrected chi connectivity index (χ1v) is 9.78. The van der Waals surface area contributed by atoms with Crippen LogP contribution in [-0.2, 0) is 15.7 Å². The summed E-state index contributed by atoms with van der Waals surface area (Å²) >= 11 is 1.51. The molecule has 2 rings (SSSR count). The molecular weight excluding hydrogens is 381 g/mol. The second kappa shape index (κ2) is 9.34. The number of ether oxygens (including phenoxy) is 1. The molecule has 0 bridgehead atoms. The van der Waals surface area contributed by atoms with Crippen LogP contribution in [0.1, 0.15) is 38.2 Å². The van der Waals surface area contributed by atoms with Crippen molar-refractivity contribution in [3.05, 3.63) is 29.8 Å². The van der Waals surface area contributed by atoms with Crippen molar-refractivity contribution >= 4 is 29.4 Å². The monoisotopic (exact) mass is 404 g/mol. The van der Waals surface area contributed by atoms with Crippen LogP contribution in [0.4, 0.5) is 23.7 Å². The Kier molecular flexibility index (Phi) is 7.41. The van der Waals surface area contributed by atoms with Crippen LogP contribution in [0, 0.1) is 0 Å². The van der Waals surface area contributed by atoms with E-state index in [1.807, 2.05) is 0 Å². The minimum Gasteiger partial charge on any atom is -0.467 e.